The molecule has 0 bridgehead atoms. The fourth-order valence-corrected chi connectivity index (χ4v) is 5.35. The second-order valence-electron chi connectivity index (χ2n) is 10.1. The molecular formula is C29H30N4O4. The maximum atomic E-state index is 13.3. The van der Waals surface area contributed by atoms with Crippen molar-refractivity contribution >= 4 is 28.1 Å². The van der Waals surface area contributed by atoms with Gasteiger partial charge in [-0.15, -0.1) is 0 Å². The van der Waals surface area contributed by atoms with Crippen LogP contribution in [0.2, 0.25) is 0 Å². The van der Waals surface area contributed by atoms with E-state index in [0.717, 1.165) is 29.2 Å². The van der Waals surface area contributed by atoms with Gasteiger partial charge >= 0.3 is 0 Å². The first-order valence-corrected chi connectivity index (χ1v) is 12.9. The van der Waals surface area contributed by atoms with E-state index in [-0.39, 0.29) is 23.9 Å². The van der Waals surface area contributed by atoms with E-state index in [1.54, 1.807) is 27.9 Å². The Morgan fingerprint density at radius 3 is 2.68 bits per heavy atom. The Hall–Kier alpha value is -3.91. The lowest BCUT2D eigenvalue weighted by molar-refractivity contribution is 0.0666. The summed E-state index contributed by atoms with van der Waals surface area (Å²) in [4.78, 5) is 27.8. The van der Waals surface area contributed by atoms with Crippen LogP contribution in [0.4, 0.5) is 0 Å². The second-order valence-corrected chi connectivity index (χ2v) is 10.1. The number of hydrogen-bond acceptors (Lipinski definition) is 5. The van der Waals surface area contributed by atoms with Crippen LogP contribution in [0.25, 0.3) is 16.3 Å². The summed E-state index contributed by atoms with van der Waals surface area (Å²) in [6.07, 6.45) is 6.70. The zero-order valence-corrected chi connectivity index (χ0v) is 21.0. The molecule has 2 amide bonds. The summed E-state index contributed by atoms with van der Waals surface area (Å²) in [6, 6.07) is 13.2. The third kappa shape index (κ3) is 4.11. The number of rotatable bonds is 5. The standard InChI is InChI=1S/C29H30N4O4/c1-17-24(29(36)32-14-12-25(34)18(32)2)16-33-27(17)26(11-13-30-33)37-21-9-10-22-19(15-21)5-3-8-23(22)28(35)31-20-6-4-7-20/h3,5,8-11,13,15-16,18,20,25,34H,4,6-7,12,14H2,1-2H3,(H,31,35)/t18-,25-/m1/s1. The third-order valence-corrected chi connectivity index (χ3v) is 7.86. The number of aromatic nitrogens is 2. The zero-order valence-electron chi connectivity index (χ0n) is 21.0. The number of aryl methyl sites for hydroxylation is 1. The first kappa shape index (κ1) is 23.5. The van der Waals surface area contributed by atoms with Gasteiger partial charge in [-0.2, -0.15) is 5.10 Å². The molecule has 0 radical (unpaired) electrons. The van der Waals surface area contributed by atoms with Gasteiger partial charge in [-0.1, -0.05) is 12.1 Å². The van der Waals surface area contributed by atoms with Gasteiger partial charge in [0.05, 0.1) is 23.9 Å². The second kappa shape index (κ2) is 9.19. The van der Waals surface area contributed by atoms with Gasteiger partial charge in [-0.3, -0.25) is 9.59 Å². The number of likely N-dealkylation sites (tertiary alicyclic amines) is 1. The van der Waals surface area contributed by atoms with Gasteiger partial charge in [-0.05, 0) is 80.1 Å². The topological polar surface area (TPSA) is 96.2 Å². The number of fused-ring (bicyclic) bond motifs is 2. The molecular weight excluding hydrogens is 468 g/mol. The van der Waals surface area contributed by atoms with Gasteiger partial charge in [0.2, 0.25) is 0 Å². The minimum atomic E-state index is -0.504. The molecule has 190 valence electrons. The predicted octanol–water partition coefficient (Wildman–Crippen LogP) is 4.47. The van der Waals surface area contributed by atoms with Gasteiger partial charge < -0.3 is 20.1 Å². The highest BCUT2D eigenvalue weighted by atomic mass is 16.5. The maximum Gasteiger partial charge on any atom is 0.256 e. The Balaban J connectivity index is 1.30. The predicted molar refractivity (Wildman–Crippen MR) is 140 cm³/mol. The van der Waals surface area contributed by atoms with Gasteiger partial charge in [0.1, 0.15) is 11.3 Å². The van der Waals surface area contributed by atoms with Crippen LogP contribution >= 0.6 is 0 Å². The van der Waals surface area contributed by atoms with E-state index in [4.69, 9.17) is 4.74 Å². The highest BCUT2D eigenvalue weighted by Crippen LogP contribution is 2.33. The van der Waals surface area contributed by atoms with Crippen LogP contribution in [0.15, 0.2) is 54.9 Å². The van der Waals surface area contributed by atoms with Crippen LogP contribution in [-0.2, 0) is 0 Å². The summed E-state index contributed by atoms with van der Waals surface area (Å²) in [7, 11) is 0. The summed E-state index contributed by atoms with van der Waals surface area (Å²) >= 11 is 0. The van der Waals surface area contributed by atoms with E-state index in [9.17, 15) is 14.7 Å². The lowest BCUT2D eigenvalue weighted by atomic mass is 9.92. The highest BCUT2D eigenvalue weighted by molar-refractivity contribution is 6.07. The van der Waals surface area contributed by atoms with Crippen molar-refractivity contribution in [3.8, 4) is 11.5 Å². The van der Waals surface area contributed by atoms with Crippen LogP contribution in [0.5, 0.6) is 11.5 Å². The summed E-state index contributed by atoms with van der Waals surface area (Å²) in [6.45, 7) is 4.29. The molecule has 0 unspecified atom stereocenters. The van der Waals surface area contributed by atoms with Crippen molar-refractivity contribution in [2.24, 2.45) is 0 Å². The number of hydrogen-bond donors (Lipinski definition) is 2. The Morgan fingerprint density at radius 1 is 1.11 bits per heavy atom. The molecule has 2 aromatic heterocycles. The Morgan fingerprint density at radius 2 is 1.95 bits per heavy atom. The lowest BCUT2D eigenvalue weighted by Gasteiger charge is -2.26. The smallest absolute Gasteiger partial charge is 0.256 e. The molecule has 1 saturated heterocycles. The zero-order chi connectivity index (χ0) is 25.7. The molecule has 3 heterocycles. The minimum absolute atomic E-state index is 0.0411. The van der Waals surface area contributed by atoms with Crippen LogP contribution in [0.3, 0.4) is 0 Å². The number of nitrogens with one attached hydrogen (secondary N) is 1. The maximum absolute atomic E-state index is 13.3. The molecule has 2 aromatic carbocycles. The molecule has 2 aliphatic rings. The van der Waals surface area contributed by atoms with E-state index >= 15 is 0 Å². The van der Waals surface area contributed by atoms with Crippen molar-refractivity contribution < 1.29 is 19.4 Å². The van der Waals surface area contributed by atoms with Gasteiger partial charge in [0.25, 0.3) is 11.8 Å². The van der Waals surface area contributed by atoms with E-state index in [2.05, 4.69) is 10.4 Å². The summed E-state index contributed by atoms with van der Waals surface area (Å²) in [5, 5.41) is 19.4. The Kier molecular flexibility index (Phi) is 5.83. The number of aliphatic hydroxyl groups is 1. The molecule has 8 nitrogen and oxygen atoms in total. The number of carbonyl (C=O) groups excluding carboxylic acids is 2. The molecule has 2 N–H and O–H groups in total. The van der Waals surface area contributed by atoms with Crippen molar-refractivity contribution in [2.75, 3.05) is 6.54 Å². The monoisotopic (exact) mass is 498 g/mol. The average molecular weight is 499 g/mol. The van der Waals surface area contributed by atoms with Crippen LogP contribution in [-0.4, -0.2) is 56.2 Å². The van der Waals surface area contributed by atoms with E-state index in [1.165, 1.54) is 6.42 Å². The fourth-order valence-electron chi connectivity index (χ4n) is 5.35. The average Bonchev–Trinajstić information content (AvgIpc) is 3.39. The van der Waals surface area contributed by atoms with E-state index in [0.29, 0.717) is 41.1 Å². The van der Waals surface area contributed by atoms with Crippen LogP contribution < -0.4 is 10.1 Å². The number of ether oxygens (including phenoxy) is 1. The van der Waals surface area contributed by atoms with Crippen LogP contribution in [0, 0.1) is 6.92 Å². The number of aliphatic hydroxyl groups excluding tert-OH is 1. The first-order valence-electron chi connectivity index (χ1n) is 12.9. The van der Waals surface area contributed by atoms with Crippen LogP contribution in [0.1, 0.15) is 58.9 Å². The van der Waals surface area contributed by atoms with Gasteiger partial charge in [0.15, 0.2) is 5.75 Å². The summed E-state index contributed by atoms with van der Waals surface area (Å²) in [5.41, 5.74) is 2.70. The summed E-state index contributed by atoms with van der Waals surface area (Å²) in [5.74, 6) is 1.05. The number of carbonyl (C=O) groups is 2. The molecule has 2 atom stereocenters. The molecule has 4 aromatic rings. The molecule has 0 spiro atoms. The first-order chi connectivity index (χ1) is 17.9. The van der Waals surface area contributed by atoms with E-state index < -0.39 is 6.10 Å². The van der Waals surface area contributed by atoms with Crippen molar-refractivity contribution in [1.29, 1.82) is 0 Å². The Labute approximate surface area is 214 Å². The Bertz CT molecular complexity index is 1520. The molecule has 6 rings (SSSR count). The van der Waals surface area contributed by atoms with Gasteiger partial charge in [0, 0.05) is 30.4 Å². The third-order valence-electron chi connectivity index (χ3n) is 7.86. The molecule has 1 aliphatic heterocycles. The number of nitrogens with zero attached hydrogens (tertiary/aromatic N) is 3. The lowest BCUT2D eigenvalue weighted by Crippen LogP contribution is -2.39. The van der Waals surface area contributed by atoms with Crippen molar-refractivity contribution in [3.63, 3.8) is 0 Å². The fraction of sp³-hybridized carbons (Fsp3) is 0.345. The molecule has 8 heteroatoms. The normalized spacial score (nSPS) is 19.8. The minimum Gasteiger partial charge on any atom is -0.455 e. The number of benzene rings is 2. The molecule has 2 fully saturated rings. The van der Waals surface area contributed by atoms with Crippen molar-refractivity contribution in [2.45, 2.75) is 57.7 Å². The SMILES string of the molecule is Cc1c(C(=O)N2CC[C@@H](O)[C@H]2C)cn2nccc(Oc3ccc4c(C(=O)NC5CCC5)cccc4c3)c12. The quantitative estimate of drug-likeness (QED) is 0.423. The molecule has 37 heavy (non-hydrogen) atoms. The number of amides is 2. The van der Waals surface area contributed by atoms with Crippen molar-refractivity contribution in [3.05, 3.63) is 71.5 Å². The molecule has 1 aliphatic carbocycles. The van der Waals surface area contributed by atoms with Crippen molar-refractivity contribution in [1.82, 2.24) is 19.8 Å². The highest BCUT2D eigenvalue weighted by Gasteiger charge is 2.34. The van der Waals surface area contributed by atoms with E-state index in [1.807, 2.05) is 50.2 Å². The largest absolute Gasteiger partial charge is 0.455 e. The van der Waals surface area contributed by atoms with Gasteiger partial charge in [-0.25, -0.2) is 4.52 Å². The molecule has 1 saturated carbocycles. The summed E-state index contributed by atoms with van der Waals surface area (Å²) < 4.78 is 7.97.